The average Bonchev–Trinajstić information content (AvgIpc) is 3.88. The zero-order valence-corrected chi connectivity index (χ0v) is 33.8. The molecule has 8 aromatic carbocycles. The molecule has 0 saturated heterocycles. The molecule has 0 unspecified atom stereocenters. The van der Waals surface area contributed by atoms with Crippen molar-refractivity contribution in [2.45, 2.75) is 0 Å². The zero-order valence-electron chi connectivity index (χ0n) is 33.8. The Balaban J connectivity index is 1.15. The van der Waals surface area contributed by atoms with Crippen molar-refractivity contribution < 1.29 is 0 Å². The van der Waals surface area contributed by atoms with Gasteiger partial charge in [0.15, 0.2) is 0 Å². The van der Waals surface area contributed by atoms with E-state index in [1.165, 1.54) is 104 Å². The van der Waals surface area contributed by atoms with Crippen molar-refractivity contribution in [3.05, 3.63) is 195 Å². The summed E-state index contributed by atoms with van der Waals surface area (Å²) in [4.78, 5) is 14.7. The van der Waals surface area contributed by atoms with Crippen molar-refractivity contribution in [1.29, 1.82) is 0 Å². The Kier molecular flexibility index (Phi) is 6.44. The molecule has 6 heteroatoms. The summed E-state index contributed by atoms with van der Waals surface area (Å²) in [5, 5.41) is 12.5. The Hall–Kier alpha value is -8.35. The number of fused-ring (bicyclic) bond motifs is 17. The second kappa shape index (κ2) is 12.1. The summed E-state index contributed by atoms with van der Waals surface area (Å²) < 4.78 is 5.16. The SMILES string of the molecule is c1ccc(-c2ccc3c(c2)c2cc(-c4ccccn4)cc4c2n3-c2cccc3c2B4c2cc(-c4ccccn4)cc4c5ccc6c7ccccc7c7ccccc7c6c5n-3c24)nc1. The minimum atomic E-state index is -0.0683. The van der Waals surface area contributed by atoms with Gasteiger partial charge in [-0.25, -0.2) is 0 Å². The summed E-state index contributed by atoms with van der Waals surface area (Å²) in [7, 11) is 0. The Morgan fingerprint density at radius 1 is 0.333 bits per heavy atom. The van der Waals surface area contributed by atoms with E-state index in [0.717, 1.165) is 33.8 Å². The Morgan fingerprint density at radius 2 is 0.825 bits per heavy atom. The number of hydrogen-bond acceptors (Lipinski definition) is 3. The van der Waals surface area contributed by atoms with Gasteiger partial charge < -0.3 is 9.13 Å². The van der Waals surface area contributed by atoms with E-state index in [-0.39, 0.29) is 6.71 Å². The summed E-state index contributed by atoms with van der Waals surface area (Å²) in [5.41, 5.74) is 17.4. The third-order valence-electron chi connectivity index (χ3n) is 14.0. The predicted molar refractivity (Wildman–Crippen MR) is 262 cm³/mol. The number of pyridine rings is 3. The minimum Gasteiger partial charge on any atom is -0.310 e. The molecule has 0 fully saturated rings. The van der Waals surface area contributed by atoms with E-state index < -0.39 is 0 Å². The molecule has 2 aliphatic heterocycles. The van der Waals surface area contributed by atoms with Crippen LogP contribution in [-0.4, -0.2) is 30.8 Å². The van der Waals surface area contributed by atoms with E-state index in [4.69, 9.17) is 15.0 Å². The molecule has 0 saturated carbocycles. The smallest absolute Gasteiger partial charge is 0.252 e. The molecule has 15 rings (SSSR count). The second-order valence-corrected chi connectivity index (χ2v) is 17.1. The van der Waals surface area contributed by atoms with Crippen molar-refractivity contribution >= 4 is 99.0 Å². The summed E-state index contributed by atoms with van der Waals surface area (Å²) in [6, 6.07) is 64.6. The lowest BCUT2D eigenvalue weighted by atomic mass is 9.34. The maximum Gasteiger partial charge on any atom is 0.252 e. The first-order chi connectivity index (χ1) is 31.3. The Labute approximate surface area is 361 Å². The van der Waals surface area contributed by atoms with Gasteiger partial charge in [-0.1, -0.05) is 103 Å². The molecule has 0 amide bonds. The van der Waals surface area contributed by atoms with Crippen LogP contribution in [0.25, 0.3) is 121 Å². The first kappa shape index (κ1) is 33.4. The van der Waals surface area contributed by atoms with E-state index >= 15 is 0 Å². The first-order valence-corrected chi connectivity index (χ1v) is 21.6. The van der Waals surface area contributed by atoms with Crippen LogP contribution < -0.4 is 16.4 Å². The van der Waals surface area contributed by atoms with E-state index in [1.807, 2.05) is 36.8 Å². The van der Waals surface area contributed by atoms with Gasteiger partial charge in [0.1, 0.15) is 0 Å². The lowest BCUT2D eigenvalue weighted by molar-refractivity contribution is 1.15. The molecule has 0 aliphatic carbocycles. The summed E-state index contributed by atoms with van der Waals surface area (Å²) in [6.07, 6.45) is 5.68. The second-order valence-electron chi connectivity index (χ2n) is 17.1. The fourth-order valence-corrected chi connectivity index (χ4v) is 11.5. The lowest BCUT2D eigenvalue weighted by Gasteiger charge is -2.34. The van der Waals surface area contributed by atoms with Crippen LogP contribution in [0.2, 0.25) is 0 Å². The first-order valence-electron chi connectivity index (χ1n) is 21.6. The molecule has 5 nitrogen and oxygen atoms in total. The normalized spacial score (nSPS) is 12.7. The third-order valence-corrected chi connectivity index (χ3v) is 14.0. The highest BCUT2D eigenvalue weighted by Gasteiger charge is 2.41. The third kappa shape index (κ3) is 4.34. The zero-order chi connectivity index (χ0) is 40.9. The van der Waals surface area contributed by atoms with Crippen molar-refractivity contribution in [1.82, 2.24) is 24.1 Å². The van der Waals surface area contributed by atoms with Gasteiger partial charge >= 0.3 is 0 Å². The monoisotopic (exact) mass is 797 g/mol. The van der Waals surface area contributed by atoms with Crippen molar-refractivity contribution in [3.8, 4) is 45.1 Å². The molecular weight excluding hydrogens is 765 g/mol. The van der Waals surface area contributed by atoms with Crippen LogP contribution in [0.3, 0.4) is 0 Å². The molecular formula is C57H32BN5. The standard InChI is InChI=1S/C57H32BN5/c1-2-14-38-36(12-1)37-13-3-4-15-39(37)53-40(38)22-23-41-43-29-34(48-17-6-9-26-60-48)32-46-56(43)63(57(41)53)52-20-11-19-51-54(52)58(46)45-31-35(49-18-7-10-27-61-49)30-44-42-28-33(47-16-5-8-25-59-47)21-24-50(42)62(51)55(44)45/h1-32H. The number of benzene rings is 8. The van der Waals surface area contributed by atoms with E-state index in [1.54, 1.807) is 0 Å². The van der Waals surface area contributed by atoms with Gasteiger partial charge in [0.05, 0.1) is 28.1 Å². The Morgan fingerprint density at radius 3 is 1.44 bits per heavy atom. The predicted octanol–water partition coefficient (Wildman–Crippen LogP) is 11.7. The largest absolute Gasteiger partial charge is 0.310 e. The topological polar surface area (TPSA) is 48.5 Å². The van der Waals surface area contributed by atoms with E-state index in [2.05, 4.69) is 167 Å². The summed E-state index contributed by atoms with van der Waals surface area (Å²) >= 11 is 0. The van der Waals surface area contributed by atoms with Gasteiger partial charge in [-0.2, -0.15) is 0 Å². The van der Waals surface area contributed by atoms with Gasteiger partial charge in [0.25, 0.3) is 6.71 Å². The summed E-state index contributed by atoms with van der Waals surface area (Å²) in [6.45, 7) is -0.0683. The highest BCUT2D eigenvalue weighted by Crippen LogP contribution is 2.46. The van der Waals surface area contributed by atoms with Gasteiger partial charge in [-0.15, -0.1) is 0 Å². The fraction of sp³-hybridized carbons (Fsp3) is 0. The Bertz CT molecular complexity index is 4100. The van der Waals surface area contributed by atoms with Gasteiger partial charge in [0.2, 0.25) is 0 Å². The molecule has 63 heavy (non-hydrogen) atoms. The summed E-state index contributed by atoms with van der Waals surface area (Å²) in [5.74, 6) is 0. The van der Waals surface area contributed by atoms with Crippen LogP contribution in [0.15, 0.2) is 195 Å². The lowest BCUT2D eigenvalue weighted by Crippen LogP contribution is -2.59. The van der Waals surface area contributed by atoms with Crippen LogP contribution in [0, 0.1) is 0 Å². The molecule has 0 radical (unpaired) electrons. The van der Waals surface area contributed by atoms with Crippen LogP contribution in [-0.2, 0) is 0 Å². The average molecular weight is 798 g/mol. The molecule has 13 aromatic rings. The molecule has 0 spiro atoms. The number of aromatic nitrogens is 5. The van der Waals surface area contributed by atoms with Crippen molar-refractivity contribution in [2.24, 2.45) is 0 Å². The fourth-order valence-electron chi connectivity index (χ4n) is 11.5. The molecule has 0 atom stereocenters. The van der Waals surface area contributed by atoms with E-state index in [9.17, 15) is 0 Å². The molecule has 0 bridgehead atoms. The quantitative estimate of drug-likeness (QED) is 0.132. The molecule has 5 aromatic heterocycles. The molecule has 0 N–H and O–H groups in total. The van der Waals surface area contributed by atoms with Crippen molar-refractivity contribution in [3.63, 3.8) is 0 Å². The van der Waals surface area contributed by atoms with Crippen molar-refractivity contribution in [2.75, 3.05) is 0 Å². The molecule has 2 aliphatic rings. The molecule has 7 heterocycles. The van der Waals surface area contributed by atoms with Gasteiger partial charge in [0, 0.05) is 84.6 Å². The minimum absolute atomic E-state index is 0.0683. The van der Waals surface area contributed by atoms with Crippen LogP contribution in [0.1, 0.15) is 0 Å². The molecule has 288 valence electrons. The van der Waals surface area contributed by atoms with Crippen LogP contribution in [0.5, 0.6) is 0 Å². The number of hydrogen-bond donors (Lipinski definition) is 0. The van der Waals surface area contributed by atoms with Gasteiger partial charge in [-0.05, 0) is 116 Å². The number of rotatable bonds is 3. The highest BCUT2D eigenvalue weighted by atomic mass is 15.0. The highest BCUT2D eigenvalue weighted by molar-refractivity contribution is 7.00. The maximum atomic E-state index is 4.95. The maximum absolute atomic E-state index is 4.95. The van der Waals surface area contributed by atoms with Crippen LogP contribution in [0.4, 0.5) is 0 Å². The van der Waals surface area contributed by atoms with E-state index in [0.29, 0.717) is 0 Å². The van der Waals surface area contributed by atoms with Crippen LogP contribution >= 0.6 is 0 Å². The number of nitrogens with zero attached hydrogens (tertiary/aromatic N) is 5. The van der Waals surface area contributed by atoms with Gasteiger partial charge in [-0.3, -0.25) is 15.0 Å².